The third-order valence-electron chi connectivity index (χ3n) is 2.58. The van der Waals surface area contributed by atoms with Crippen LogP contribution in [-0.2, 0) is 16.0 Å². The van der Waals surface area contributed by atoms with Crippen molar-refractivity contribution >= 4 is 11.7 Å². The largest absolute Gasteiger partial charge is 0.464 e. The number of aryl methyl sites for hydroxylation is 1. The summed E-state index contributed by atoms with van der Waals surface area (Å²) in [5.74, 6) is -0.190. The maximum atomic E-state index is 11.4. The predicted molar refractivity (Wildman–Crippen MR) is 70.2 cm³/mol. The van der Waals surface area contributed by atoms with E-state index in [1.54, 1.807) is 0 Å². The normalized spacial score (nSPS) is 10.0. The third kappa shape index (κ3) is 4.89. The Bertz CT molecular complexity index is 350. The Balaban J connectivity index is 2.36. The molecule has 94 valence electrons. The molecule has 0 heterocycles. The lowest BCUT2D eigenvalue weighted by molar-refractivity contribution is -0.141. The molecule has 1 rings (SSSR count). The molecular formula is C14H21NO2. The minimum atomic E-state index is -0.190. The first-order valence-corrected chi connectivity index (χ1v) is 6.25. The maximum Gasteiger partial charge on any atom is 0.325 e. The molecule has 3 nitrogen and oxygen atoms in total. The van der Waals surface area contributed by atoms with Gasteiger partial charge in [0.1, 0.15) is 6.54 Å². The van der Waals surface area contributed by atoms with Crippen molar-refractivity contribution in [3.8, 4) is 0 Å². The number of rotatable bonds is 7. The van der Waals surface area contributed by atoms with Crippen LogP contribution in [0.4, 0.5) is 5.69 Å². The van der Waals surface area contributed by atoms with Crippen LogP contribution in [0.25, 0.3) is 0 Å². The Kier molecular flexibility index (Phi) is 6.15. The van der Waals surface area contributed by atoms with Crippen LogP contribution in [-0.4, -0.2) is 19.1 Å². The molecule has 0 saturated carbocycles. The quantitative estimate of drug-likeness (QED) is 0.583. The summed E-state index contributed by atoms with van der Waals surface area (Å²) in [6, 6.07) is 8.01. The van der Waals surface area contributed by atoms with Crippen LogP contribution in [0.5, 0.6) is 0 Å². The molecule has 0 aromatic heterocycles. The van der Waals surface area contributed by atoms with Gasteiger partial charge in [0, 0.05) is 5.69 Å². The van der Waals surface area contributed by atoms with E-state index in [9.17, 15) is 4.79 Å². The Morgan fingerprint density at radius 1 is 1.29 bits per heavy atom. The van der Waals surface area contributed by atoms with Gasteiger partial charge in [-0.15, -0.1) is 0 Å². The number of anilines is 1. The molecule has 0 saturated heterocycles. The molecule has 0 radical (unpaired) electrons. The Hall–Kier alpha value is -1.51. The van der Waals surface area contributed by atoms with Gasteiger partial charge in [0.2, 0.25) is 0 Å². The van der Waals surface area contributed by atoms with E-state index in [0.29, 0.717) is 6.61 Å². The Morgan fingerprint density at radius 3 is 2.76 bits per heavy atom. The van der Waals surface area contributed by atoms with E-state index in [0.717, 1.165) is 24.9 Å². The SMILES string of the molecule is CCCCOC(=O)CNc1ccccc1CC. The summed E-state index contributed by atoms with van der Waals surface area (Å²) < 4.78 is 5.08. The molecule has 0 spiro atoms. The molecule has 3 heteroatoms. The van der Waals surface area contributed by atoms with Gasteiger partial charge in [-0.1, -0.05) is 38.5 Å². The predicted octanol–water partition coefficient (Wildman–Crippen LogP) is 3.00. The molecule has 0 aliphatic heterocycles. The smallest absolute Gasteiger partial charge is 0.325 e. The van der Waals surface area contributed by atoms with Gasteiger partial charge in [-0.2, -0.15) is 0 Å². The highest BCUT2D eigenvalue weighted by atomic mass is 16.5. The van der Waals surface area contributed by atoms with Crippen LogP contribution in [0.2, 0.25) is 0 Å². The van der Waals surface area contributed by atoms with Crippen LogP contribution in [0.3, 0.4) is 0 Å². The van der Waals surface area contributed by atoms with Crippen molar-refractivity contribution in [3.63, 3.8) is 0 Å². The van der Waals surface area contributed by atoms with Gasteiger partial charge in [-0.25, -0.2) is 0 Å². The van der Waals surface area contributed by atoms with Crippen LogP contribution >= 0.6 is 0 Å². The second kappa shape index (κ2) is 7.71. The molecule has 0 atom stereocenters. The van der Waals surface area contributed by atoms with Gasteiger partial charge in [-0.3, -0.25) is 4.79 Å². The fourth-order valence-corrected chi connectivity index (χ4v) is 1.55. The summed E-state index contributed by atoms with van der Waals surface area (Å²) in [6.07, 6.45) is 2.92. The van der Waals surface area contributed by atoms with Gasteiger partial charge < -0.3 is 10.1 Å². The van der Waals surface area contributed by atoms with Crippen molar-refractivity contribution in [2.24, 2.45) is 0 Å². The number of unbranched alkanes of at least 4 members (excludes halogenated alkanes) is 1. The maximum absolute atomic E-state index is 11.4. The fourth-order valence-electron chi connectivity index (χ4n) is 1.55. The highest BCUT2D eigenvalue weighted by molar-refractivity contribution is 5.75. The van der Waals surface area contributed by atoms with Gasteiger partial charge in [0.15, 0.2) is 0 Å². The number of nitrogens with one attached hydrogen (secondary N) is 1. The van der Waals surface area contributed by atoms with Gasteiger partial charge in [-0.05, 0) is 24.5 Å². The molecule has 0 aliphatic carbocycles. The number of hydrogen-bond acceptors (Lipinski definition) is 3. The second-order valence-corrected chi connectivity index (χ2v) is 3.94. The molecule has 0 amide bonds. The second-order valence-electron chi connectivity index (χ2n) is 3.94. The standard InChI is InChI=1S/C14H21NO2/c1-3-5-10-17-14(16)11-15-13-9-7-6-8-12(13)4-2/h6-9,15H,3-5,10-11H2,1-2H3. The van der Waals surface area contributed by atoms with Crippen LogP contribution in [0.1, 0.15) is 32.3 Å². The monoisotopic (exact) mass is 235 g/mol. The number of carbonyl (C=O) groups is 1. The van der Waals surface area contributed by atoms with Crippen molar-refractivity contribution in [1.82, 2.24) is 0 Å². The summed E-state index contributed by atoms with van der Waals surface area (Å²) in [5, 5.41) is 3.12. The molecule has 0 bridgehead atoms. The first-order chi connectivity index (χ1) is 8.27. The van der Waals surface area contributed by atoms with Crippen molar-refractivity contribution in [1.29, 1.82) is 0 Å². The third-order valence-corrected chi connectivity index (χ3v) is 2.58. The molecule has 0 aliphatic rings. The first-order valence-electron chi connectivity index (χ1n) is 6.25. The highest BCUT2D eigenvalue weighted by Crippen LogP contribution is 2.14. The van der Waals surface area contributed by atoms with Gasteiger partial charge >= 0.3 is 5.97 Å². The summed E-state index contributed by atoms with van der Waals surface area (Å²) in [7, 11) is 0. The van der Waals surface area contributed by atoms with Crippen molar-refractivity contribution in [2.45, 2.75) is 33.1 Å². The van der Waals surface area contributed by atoms with Gasteiger partial charge in [0.05, 0.1) is 6.61 Å². The minimum absolute atomic E-state index is 0.190. The summed E-state index contributed by atoms with van der Waals surface area (Å²) in [4.78, 5) is 11.4. The van der Waals surface area contributed by atoms with E-state index in [1.165, 1.54) is 5.56 Å². The van der Waals surface area contributed by atoms with Crippen molar-refractivity contribution < 1.29 is 9.53 Å². The summed E-state index contributed by atoms with van der Waals surface area (Å²) in [6.45, 7) is 4.93. The summed E-state index contributed by atoms with van der Waals surface area (Å²) in [5.41, 5.74) is 2.23. The van der Waals surface area contributed by atoms with Crippen molar-refractivity contribution in [3.05, 3.63) is 29.8 Å². The van der Waals surface area contributed by atoms with Crippen LogP contribution in [0, 0.1) is 0 Å². The van der Waals surface area contributed by atoms with Crippen molar-refractivity contribution in [2.75, 3.05) is 18.5 Å². The molecule has 1 N–H and O–H groups in total. The molecule has 1 aromatic carbocycles. The Labute approximate surface area is 103 Å². The number of esters is 1. The lowest BCUT2D eigenvalue weighted by Crippen LogP contribution is -2.18. The van der Waals surface area contributed by atoms with E-state index in [4.69, 9.17) is 4.74 Å². The van der Waals surface area contributed by atoms with Gasteiger partial charge in [0.25, 0.3) is 0 Å². The number of ether oxygens (including phenoxy) is 1. The van der Waals surface area contributed by atoms with E-state index < -0.39 is 0 Å². The highest BCUT2D eigenvalue weighted by Gasteiger charge is 2.04. The van der Waals surface area contributed by atoms with Crippen LogP contribution < -0.4 is 5.32 Å². The van der Waals surface area contributed by atoms with E-state index in [1.807, 2.05) is 18.2 Å². The number of benzene rings is 1. The lowest BCUT2D eigenvalue weighted by atomic mass is 10.1. The lowest BCUT2D eigenvalue weighted by Gasteiger charge is -2.10. The van der Waals surface area contributed by atoms with E-state index >= 15 is 0 Å². The molecule has 1 aromatic rings. The average molecular weight is 235 g/mol. The fraction of sp³-hybridized carbons (Fsp3) is 0.500. The van der Waals surface area contributed by atoms with Crippen LogP contribution in [0.15, 0.2) is 24.3 Å². The topological polar surface area (TPSA) is 38.3 Å². The summed E-state index contributed by atoms with van der Waals surface area (Å²) >= 11 is 0. The zero-order chi connectivity index (χ0) is 12.5. The number of hydrogen-bond donors (Lipinski definition) is 1. The van der Waals surface area contributed by atoms with E-state index in [-0.39, 0.29) is 12.5 Å². The average Bonchev–Trinajstić information content (AvgIpc) is 2.37. The molecular weight excluding hydrogens is 214 g/mol. The minimum Gasteiger partial charge on any atom is -0.464 e. The molecule has 0 fully saturated rings. The number of carbonyl (C=O) groups excluding carboxylic acids is 1. The Morgan fingerprint density at radius 2 is 2.06 bits per heavy atom. The zero-order valence-corrected chi connectivity index (χ0v) is 10.7. The van der Waals surface area contributed by atoms with E-state index in [2.05, 4.69) is 25.2 Å². The molecule has 0 unspecified atom stereocenters. The molecule has 17 heavy (non-hydrogen) atoms. The first kappa shape index (κ1) is 13.6. The zero-order valence-electron chi connectivity index (χ0n) is 10.7. The number of para-hydroxylation sites is 1.